The fourth-order valence-corrected chi connectivity index (χ4v) is 13.3. The Morgan fingerprint density at radius 1 is 0.425 bits per heavy atom. The van der Waals surface area contributed by atoms with Gasteiger partial charge in [-0.05, 0) is 138 Å². The van der Waals surface area contributed by atoms with E-state index in [1.165, 1.54) is 73.8 Å². The minimum Gasteiger partial charge on any atom is -0.474 e. The number of anilines is 12. The standard InChI is InChI=1S/C25H31F2N7O2.C20H23F2N7.C19H20F2N6O.C18H20F2N6O/c1-15(18-6-5-17(26)11-19(18)27)30-21-13-22(29-14-28-21)31-23-12-20(32-33-23)16-7-9-34(10-8-16)24(35)36-25(2,3)4;1-12(15-3-2-14(21)8-16(15)22)26-18-10-19(25-11-24-18)27-20-9-17(28-29-20)13-4-6-23-7-5-13;1-11(13-5-4-12(20)7-14(13)21)24-17-9-18(23-10-22-17)25-19-8-15(26-27-19)16-3-2-6-28-16;1-10(2)27-18-8-17(25-26-18)24-16-7-15(21-9-22-16)23-11(3)13-5-4-12(19)6-14(13)20/h5-6,11-16H,7-10H2,1-4H3,(H3,28,29,30,31,32,33);2-3,8-13,23H,4-7H2,1H3,(H3,24,25,26,27,28,29);4-5,7-11,16H,2-3,6H2,1H3,(H3,22,23,24,25,26,27);4-11H,1-3H3,(H3,21,22,23,24,25,26). The number of aromatic nitrogens is 16. The van der Waals surface area contributed by atoms with Crippen molar-refractivity contribution in [3.63, 3.8) is 0 Å². The van der Waals surface area contributed by atoms with Gasteiger partial charge in [0.25, 0.3) is 0 Å². The zero-order valence-electron chi connectivity index (χ0n) is 67.2. The molecule has 5 unspecified atom stereocenters. The second-order valence-corrected chi connectivity index (χ2v) is 30.0. The van der Waals surface area contributed by atoms with Gasteiger partial charge in [-0.2, -0.15) is 15.3 Å². The van der Waals surface area contributed by atoms with Crippen LogP contribution in [0.25, 0.3) is 0 Å². The van der Waals surface area contributed by atoms with E-state index in [1.54, 1.807) is 62.9 Å². The van der Waals surface area contributed by atoms with Gasteiger partial charge in [0.1, 0.15) is 130 Å². The van der Waals surface area contributed by atoms with Gasteiger partial charge in [0.05, 0.1) is 42.1 Å². The summed E-state index contributed by atoms with van der Waals surface area (Å²) in [6.07, 6.45) is 11.2. The summed E-state index contributed by atoms with van der Waals surface area (Å²) in [5.41, 5.74) is 3.89. The van der Waals surface area contributed by atoms with Gasteiger partial charge in [-0.15, -0.1) is 5.10 Å². The predicted molar refractivity (Wildman–Crippen MR) is 438 cm³/mol. The molecule has 0 saturated carbocycles. The van der Waals surface area contributed by atoms with Gasteiger partial charge in [0.15, 0.2) is 17.5 Å². The maximum Gasteiger partial charge on any atom is 0.410 e. The first-order valence-corrected chi connectivity index (χ1v) is 39.0. The van der Waals surface area contributed by atoms with Crippen LogP contribution < -0.4 is 52.6 Å². The van der Waals surface area contributed by atoms with E-state index in [2.05, 4.69) is 129 Å². The largest absolute Gasteiger partial charge is 0.474 e. The fraction of sp³-hybridized carbons (Fsp3) is 0.354. The number of carbonyl (C=O) groups is 1. The van der Waals surface area contributed by atoms with Gasteiger partial charge >= 0.3 is 6.09 Å². The van der Waals surface area contributed by atoms with Gasteiger partial charge in [0.2, 0.25) is 5.88 Å². The number of carbonyl (C=O) groups excluding carboxylic acids is 1. The maximum absolute atomic E-state index is 14.1. The van der Waals surface area contributed by atoms with Crippen LogP contribution in [-0.4, -0.2) is 136 Å². The van der Waals surface area contributed by atoms with Crippen molar-refractivity contribution in [2.75, 3.05) is 75.3 Å². The number of nitrogens with zero attached hydrogens (tertiary/aromatic N) is 13. The molecule has 3 aliphatic rings. The Bertz CT molecular complexity index is 5340. The molecule has 1 amide bonds. The van der Waals surface area contributed by atoms with Crippen LogP contribution in [0.2, 0.25) is 0 Å². The second kappa shape index (κ2) is 40.3. The van der Waals surface area contributed by atoms with Crippen molar-refractivity contribution in [3.05, 3.63) is 233 Å². The summed E-state index contributed by atoms with van der Waals surface area (Å²) in [6.45, 7) is 20.5. The number of halogens is 8. The smallest absolute Gasteiger partial charge is 0.410 e. The molecule has 3 fully saturated rings. The van der Waals surface area contributed by atoms with Gasteiger partial charge in [0, 0.05) is 138 Å². The van der Waals surface area contributed by atoms with Gasteiger partial charge < -0.3 is 67.0 Å². The second-order valence-electron chi connectivity index (χ2n) is 30.0. The summed E-state index contributed by atoms with van der Waals surface area (Å²) >= 11 is 0. The Morgan fingerprint density at radius 3 is 1.14 bits per heavy atom. The Morgan fingerprint density at radius 2 is 0.783 bits per heavy atom. The zero-order valence-corrected chi connectivity index (χ0v) is 67.2. The third-order valence-electron chi connectivity index (χ3n) is 19.2. The molecule has 12 aromatic rings. The summed E-state index contributed by atoms with van der Waals surface area (Å²) in [5, 5.41) is 57.1. The number of piperidine rings is 2. The van der Waals surface area contributed by atoms with E-state index in [0.717, 1.165) is 99.6 Å². The third-order valence-corrected chi connectivity index (χ3v) is 19.2. The predicted octanol–water partition coefficient (Wildman–Crippen LogP) is 17.8. The molecule has 0 aliphatic carbocycles. The van der Waals surface area contributed by atoms with Gasteiger partial charge in [-0.25, -0.2) is 79.8 Å². The molecule has 8 aromatic heterocycles. The van der Waals surface area contributed by atoms with Gasteiger partial charge in [-0.3, -0.25) is 20.4 Å². The Balaban J connectivity index is 0.000000148. The van der Waals surface area contributed by atoms with Crippen molar-refractivity contribution in [1.82, 2.24) is 90.9 Å². The number of hydrogen-bond donors (Lipinski definition) is 13. The lowest BCUT2D eigenvalue weighted by atomic mass is 9.94. The van der Waals surface area contributed by atoms with Gasteiger partial charge in [-0.1, -0.05) is 24.3 Å². The molecule has 0 spiro atoms. The van der Waals surface area contributed by atoms with Crippen molar-refractivity contribution in [2.24, 2.45) is 0 Å². The molecule has 4 aromatic carbocycles. The highest BCUT2D eigenvalue weighted by molar-refractivity contribution is 5.68. The summed E-state index contributed by atoms with van der Waals surface area (Å²) in [4.78, 5) is 47.4. The molecule has 13 N–H and O–H groups in total. The third kappa shape index (κ3) is 25.0. The molecule has 3 saturated heterocycles. The van der Waals surface area contributed by atoms with Crippen LogP contribution in [-0.2, 0) is 9.47 Å². The molecule has 38 heteroatoms. The molecule has 15 rings (SSSR count). The SMILES string of the molecule is CC(C)Oc1cc(Nc2cc(NC(C)c3ccc(F)cc3F)ncn2)[nH]n1.CC(Nc1cc(Nc2cc(C3CCCO3)[nH]n2)ncn1)c1ccc(F)cc1F.CC(Nc1cc(Nc2cc(C3CCN(C(=O)OC(C)(C)C)CC3)[nH]n2)ncn1)c1ccc(F)cc1F.CC(Nc1cc(Nc2cc(C3CCNCC3)[nH]n2)ncn1)c1ccc(F)cc1F. The van der Waals surface area contributed by atoms with E-state index in [0.29, 0.717) is 117 Å². The number of likely N-dealkylation sites (tertiary alicyclic amines) is 1. The van der Waals surface area contributed by atoms with E-state index in [1.807, 2.05) is 52.8 Å². The van der Waals surface area contributed by atoms with Crippen molar-refractivity contribution >= 4 is 75.9 Å². The molecule has 3 aliphatic heterocycles. The van der Waals surface area contributed by atoms with Crippen molar-refractivity contribution in [2.45, 2.75) is 155 Å². The number of benzene rings is 4. The first-order chi connectivity index (χ1) is 57.6. The average molecular weight is 1660 g/mol. The van der Waals surface area contributed by atoms with Crippen molar-refractivity contribution in [3.8, 4) is 5.88 Å². The van der Waals surface area contributed by atoms with Crippen molar-refractivity contribution in [1.29, 1.82) is 0 Å². The highest BCUT2D eigenvalue weighted by Gasteiger charge is 2.30. The molecule has 0 bridgehead atoms. The summed E-state index contributed by atoms with van der Waals surface area (Å²) in [7, 11) is 0. The van der Waals surface area contributed by atoms with E-state index in [-0.39, 0.29) is 24.2 Å². The van der Waals surface area contributed by atoms with Crippen LogP contribution in [0.1, 0.15) is 182 Å². The lowest BCUT2D eigenvalue weighted by molar-refractivity contribution is 0.0203. The molecule has 120 heavy (non-hydrogen) atoms. The number of nitrogens with one attached hydrogen (secondary N) is 13. The molecular weight excluding hydrogens is 1570 g/mol. The monoisotopic (exact) mass is 1660 g/mol. The summed E-state index contributed by atoms with van der Waals surface area (Å²) in [5.74, 6) is 2.94. The Labute approximate surface area is 686 Å². The fourth-order valence-electron chi connectivity index (χ4n) is 13.3. The first-order valence-electron chi connectivity index (χ1n) is 39.0. The van der Waals surface area contributed by atoms with Crippen LogP contribution in [0.4, 0.5) is 110 Å². The highest BCUT2D eigenvalue weighted by atomic mass is 19.2. The Hall–Kier alpha value is -13.1. The normalized spacial score (nSPS) is 15.2. The van der Waals surface area contributed by atoms with Crippen LogP contribution in [0.15, 0.2) is 147 Å². The summed E-state index contributed by atoms with van der Waals surface area (Å²) < 4.78 is 125. The van der Waals surface area contributed by atoms with E-state index >= 15 is 0 Å². The number of ether oxygens (including phenoxy) is 3. The molecule has 30 nitrogen and oxygen atoms in total. The van der Waals surface area contributed by atoms with Crippen LogP contribution >= 0.6 is 0 Å². The summed E-state index contributed by atoms with van der Waals surface area (Å²) in [6, 6.07) is 26.7. The van der Waals surface area contributed by atoms with Crippen LogP contribution in [0.3, 0.4) is 0 Å². The molecule has 5 atom stereocenters. The molecular formula is C82H94F8N26O4. The number of rotatable bonds is 25. The number of aromatic amines is 4. The maximum atomic E-state index is 14.1. The molecule has 11 heterocycles. The topological polar surface area (TPSA) is 374 Å². The minimum atomic E-state index is -0.622. The van der Waals surface area contributed by atoms with Crippen molar-refractivity contribution < 1.29 is 54.1 Å². The number of hydrogen-bond acceptors (Lipinski definition) is 25. The van der Waals surface area contributed by atoms with E-state index < -0.39 is 76.3 Å². The highest BCUT2D eigenvalue weighted by Crippen LogP contribution is 2.35. The van der Waals surface area contributed by atoms with Crippen LogP contribution in [0.5, 0.6) is 5.88 Å². The number of amides is 1. The average Bonchev–Trinajstić information content (AvgIpc) is 1.61. The minimum absolute atomic E-state index is 0.0179. The Kier molecular flexibility index (Phi) is 29.0. The molecule has 0 radical (unpaired) electrons. The lowest BCUT2D eigenvalue weighted by Gasteiger charge is -2.33. The van der Waals surface area contributed by atoms with Crippen LogP contribution in [0, 0.1) is 46.5 Å². The molecule has 632 valence electrons. The quantitative estimate of drug-likeness (QED) is 0.0236. The zero-order chi connectivity index (χ0) is 85.0. The lowest BCUT2D eigenvalue weighted by Crippen LogP contribution is -2.41. The number of H-pyrrole nitrogens is 4. The first kappa shape index (κ1) is 86.2. The van der Waals surface area contributed by atoms with E-state index in [4.69, 9.17) is 14.2 Å². The van der Waals surface area contributed by atoms with E-state index in [9.17, 15) is 39.9 Å².